The molecule has 0 aliphatic heterocycles. The highest BCUT2D eigenvalue weighted by Crippen LogP contribution is 2.24. The summed E-state index contributed by atoms with van der Waals surface area (Å²) in [4.78, 5) is 9.16. The number of fused-ring (bicyclic) bond motifs is 1. The molecule has 1 atom stereocenters. The van der Waals surface area contributed by atoms with Crippen molar-refractivity contribution in [2.75, 3.05) is 6.61 Å². The predicted octanol–water partition coefficient (Wildman–Crippen LogP) is 7.94. The SMILES string of the molecule is C=CCc1ccc(-c2cnc3cc(C=CCCCC(C)OCCCCC)ccc3n2)c(F)c1. The van der Waals surface area contributed by atoms with Crippen molar-refractivity contribution in [3.8, 4) is 11.3 Å². The van der Waals surface area contributed by atoms with Crippen molar-refractivity contribution in [3.63, 3.8) is 0 Å². The molecule has 0 spiro atoms. The first-order valence-electron chi connectivity index (χ1n) is 12.1. The van der Waals surface area contributed by atoms with Gasteiger partial charge in [0.05, 0.1) is 29.0 Å². The molecule has 0 amide bonds. The molecule has 0 N–H and O–H groups in total. The van der Waals surface area contributed by atoms with E-state index < -0.39 is 0 Å². The van der Waals surface area contributed by atoms with E-state index in [9.17, 15) is 4.39 Å². The summed E-state index contributed by atoms with van der Waals surface area (Å²) in [6, 6.07) is 11.2. The van der Waals surface area contributed by atoms with Crippen LogP contribution in [0.15, 0.2) is 61.3 Å². The Kier molecular flexibility index (Phi) is 9.77. The average molecular weight is 447 g/mol. The van der Waals surface area contributed by atoms with E-state index in [2.05, 4.69) is 42.5 Å². The Balaban J connectivity index is 1.56. The molecule has 33 heavy (non-hydrogen) atoms. The molecule has 0 aliphatic rings. The number of benzene rings is 2. The Morgan fingerprint density at radius 1 is 1.09 bits per heavy atom. The number of unbranched alkanes of at least 4 members (excludes halogenated alkanes) is 3. The standard InChI is InChI=1S/C29H35FN2O/c1-4-6-10-18-33-22(3)12-8-7-9-13-24-15-17-27-28(20-24)31-21-29(32-27)25-16-14-23(11-5-2)19-26(25)30/h5,9,13-17,19-22H,2,4,6-8,10-12,18H2,1,3H3. The largest absolute Gasteiger partial charge is 0.379 e. The van der Waals surface area contributed by atoms with Gasteiger partial charge in [0.15, 0.2) is 0 Å². The molecule has 0 radical (unpaired) electrons. The third-order valence-corrected chi connectivity index (χ3v) is 5.70. The van der Waals surface area contributed by atoms with Crippen molar-refractivity contribution >= 4 is 17.1 Å². The molecule has 3 rings (SSSR count). The van der Waals surface area contributed by atoms with Crippen molar-refractivity contribution in [1.82, 2.24) is 9.97 Å². The normalized spacial score (nSPS) is 12.5. The fraction of sp³-hybridized carbons (Fsp3) is 0.379. The molecule has 0 saturated heterocycles. The number of nitrogens with zero attached hydrogens (tertiary/aromatic N) is 2. The lowest BCUT2D eigenvalue weighted by molar-refractivity contribution is 0.0566. The number of ether oxygens (including phenoxy) is 1. The molecular weight excluding hydrogens is 411 g/mol. The molecule has 0 fully saturated rings. The van der Waals surface area contributed by atoms with Crippen LogP contribution in [-0.4, -0.2) is 22.7 Å². The third-order valence-electron chi connectivity index (χ3n) is 5.70. The van der Waals surface area contributed by atoms with Gasteiger partial charge in [-0.3, -0.25) is 4.98 Å². The van der Waals surface area contributed by atoms with Crippen LogP contribution in [0.5, 0.6) is 0 Å². The van der Waals surface area contributed by atoms with Crippen LogP contribution in [0.25, 0.3) is 28.4 Å². The van der Waals surface area contributed by atoms with Gasteiger partial charge in [-0.15, -0.1) is 6.58 Å². The third kappa shape index (κ3) is 7.61. The van der Waals surface area contributed by atoms with Crippen LogP contribution < -0.4 is 0 Å². The minimum atomic E-state index is -0.289. The maximum Gasteiger partial charge on any atom is 0.132 e. The van der Waals surface area contributed by atoms with Gasteiger partial charge in [-0.1, -0.05) is 50.1 Å². The first-order chi connectivity index (χ1) is 16.1. The zero-order chi connectivity index (χ0) is 23.5. The van der Waals surface area contributed by atoms with Crippen LogP contribution in [0.4, 0.5) is 4.39 Å². The number of aromatic nitrogens is 2. The summed E-state index contributed by atoms with van der Waals surface area (Å²) < 4.78 is 20.4. The Bertz CT molecular complexity index is 1080. The molecule has 174 valence electrons. The zero-order valence-electron chi connectivity index (χ0n) is 19.9. The van der Waals surface area contributed by atoms with Crippen LogP contribution in [-0.2, 0) is 11.2 Å². The molecular formula is C29H35FN2O. The second kappa shape index (κ2) is 13.0. The fourth-order valence-corrected chi connectivity index (χ4v) is 3.78. The lowest BCUT2D eigenvalue weighted by Crippen LogP contribution is -2.08. The molecule has 3 aromatic rings. The summed E-state index contributed by atoms with van der Waals surface area (Å²) >= 11 is 0. The van der Waals surface area contributed by atoms with Gasteiger partial charge in [-0.25, -0.2) is 9.37 Å². The molecule has 0 aliphatic carbocycles. The van der Waals surface area contributed by atoms with Crippen molar-refractivity contribution in [2.24, 2.45) is 0 Å². The second-order valence-electron chi connectivity index (χ2n) is 8.53. The first kappa shape index (κ1) is 24.8. The molecule has 1 heterocycles. The van der Waals surface area contributed by atoms with Crippen LogP contribution in [0.3, 0.4) is 0 Å². The smallest absolute Gasteiger partial charge is 0.132 e. The molecule has 0 bridgehead atoms. The number of rotatable bonds is 13. The molecule has 1 aromatic heterocycles. The van der Waals surface area contributed by atoms with E-state index >= 15 is 0 Å². The van der Waals surface area contributed by atoms with Crippen LogP contribution in [0.1, 0.15) is 63.5 Å². The Labute approximate surface area is 197 Å². The number of allylic oxidation sites excluding steroid dienone is 2. The summed E-state index contributed by atoms with van der Waals surface area (Å²) in [6.07, 6.45) is 15.5. The van der Waals surface area contributed by atoms with E-state index in [1.807, 2.05) is 24.3 Å². The van der Waals surface area contributed by atoms with Crippen LogP contribution in [0, 0.1) is 5.82 Å². The zero-order valence-corrected chi connectivity index (χ0v) is 19.9. The number of hydrogen-bond donors (Lipinski definition) is 0. The number of hydrogen-bond acceptors (Lipinski definition) is 3. The predicted molar refractivity (Wildman–Crippen MR) is 137 cm³/mol. The lowest BCUT2D eigenvalue weighted by atomic mass is 10.1. The summed E-state index contributed by atoms with van der Waals surface area (Å²) in [5, 5.41) is 0. The summed E-state index contributed by atoms with van der Waals surface area (Å²) in [6.45, 7) is 8.94. The summed E-state index contributed by atoms with van der Waals surface area (Å²) in [5.74, 6) is -0.289. The quantitative estimate of drug-likeness (QED) is 0.197. The monoisotopic (exact) mass is 446 g/mol. The van der Waals surface area contributed by atoms with Gasteiger partial charge >= 0.3 is 0 Å². The van der Waals surface area contributed by atoms with Gasteiger partial charge in [0.25, 0.3) is 0 Å². The van der Waals surface area contributed by atoms with Gasteiger partial charge in [0, 0.05) is 12.2 Å². The number of halogens is 1. The van der Waals surface area contributed by atoms with E-state index in [0.29, 0.717) is 23.8 Å². The highest BCUT2D eigenvalue weighted by atomic mass is 19.1. The highest BCUT2D eigenvalue weighted by Gasteiger charge is 2.09. The molecule has 4 heteroatoms. The van der Waals surface area contributed by atoms with E-state index in [0.717, 1.165) is 54.5 Å². The summed E-state index contributed by atoms with van der Waals surface area (Å²) in [5.41, 5.74) is 4.55. The van der Waals surface area contributed by atoms with Crippen LogP contribution in [0.2, 0.25) is 0 Å². The molecule has 3 nitrogen and oxygen atoms in total. The van der Waals surface area contributed by atoms with Crippen molar-refractivity contribution in [1.29, 1.82) is 0 Å². The minimum Gasteiger partial charge on any atom is -0.379 e. The molecule has 1 unspecified atom stereocenters. The van der Waals surface area contributed by atoms with Gasteiger partial charge < -0.3 is 4.74 Å². The van der Waals surface area contributed by atoms with Gasteiger partial charge in [0.2, 0.25) is 0 Å². The lowest BCUT2D eigenvalue weighted by Gasteiger charge is -2.12. The Morgan fingerprint density at radius 2 is 1.97 bits per heavy atom. The van der Waals surface area contributed by atoms with Gasteiger partial charge in [0.1, 0.15) is 5.82 Å². The van der Waals surface area contributed by atoms with Crippen molar-refractivity contribution in [2.45, 2.75) is 64.9 Å². The Morgan fingerprint density at radius 3 is 2.76 bits per heavy atom. The maximum atomic E-state index is 14.5. The highest BCUT2D eigenvalue weighted by molar-refractivity contribution is 5.79. The van der Waals surface area contributed by atoms with Crippen molar-refractivity contribution < 1.29 is 9.13 Å². The van der Waals surface area contributed by atoms with E-state index in [4.69, 9.17) is 4.74 Å². The van der Waals surface area contributed by atoms with E-state index in [1.165, 1.54) is 18.9 Å². The Hall–Kier alpha value is -2.85. The second-order valence-corrected chi connectivity index (χ2v) is 8.53. The van der Waals surface area contributed by atoms with E-state index in [-0.39, 0.29) is 5.82 Å². The van der Waals surface area contributed by atoms with Crippen molar-refractivity contribution in [3.05, 3.63) is 78.3 Å². The van der Waals surface area contributed by atoms with E-state index in [1.54, 1.807) is 18.3 Å². The molecule has 2 aromatic carbocycles. The molecule has 0 saturated carbocycles. The minimum absolute atomic E-state index is 0.289. The summed E-state index contributed by atoms with van der Waals surface area (Å²) in [7, 11) is 0. The van der Waals surface area contributed by atoms with Gasteiger partial charge in [-0.05, 0) is 74.4 Å². The topological polar surface area (TPSA) is 35.0 Å². The maximum absolute atomic E-state index is 14.5. The fourth-order valence-electron chi connectivity index (χ4n) is 3.78. The van der Waals surface area contributed by atoms with Crippen LogP contribution >= 0.6 is 0 Å². The average Bonchev–Trinajstić information content (AvgIpc) is 2.81. The first-order valence-corrected chi connectivity index (χ1v) is 12.1. The van der Waals surface area contributed by atoms with Gasteiger partial charge in [-0.2, -0.15) is 0 Å².